The van der Waals surface area contributed by atoms with Gasteiger partial charge in [-0.05, 0) is 45.6 Å². The van der Waals surface area contributed by atoms with Crippen molar-refractivity contribution in [2.24, 2.45) is 5.92 Å². The summed E-state index contributed by atoms with van der Waals surface area (Å²) < 4.78 is 30.6. The molecule has 2 fully saturated rings. The molecule has 2 saturated heterocycles. The Morgan fingerprint density at radius 1 is 1.15 bits per heavy atom. The number of rotatable bonds is 9. The molecule has 1 aromatic carbocycles. The van der Waals surface area contributed by atoms with Gasteiger partial charge in [0.2, 0.25) is 0 Å². The maximum atomic E-state index is 6.62. The third kappa shape index (κ3) is 3.75. The zero-order chi connectivity index (χ0) is 19.7. The maximum absolute atomic E-state index is 6.62. The average Bonchev–Trinajstić information content (AvgIpc) is 3.11. The summed E-state index contributed by atoms with van der Waals surface area (Å²) in [5.74, 6) is 1.17. The molecule has 1 unspecified atom stereocenters. The molecule has 0 saturated carbocycles. The molecule has 5 nitrogen and oxygen atoms in total. The van der Waals surface area contributed by atoms with Gasteiger partial charge >= 0.3 is 0 Å². The Hall–Kier alpha value is -1.14. The molecule has 0 N–H and O–H groups in total. The normalized spacial score (nSPS) is 33.6. The smallest absolute Gasteiger partial charge is 0.155 e. The second-order valence-electron chi connectivity index (χ2n) is 8.15. The number of hydrogen-bond donors (Lipinski definition) is 0. The first-order valence-corrected chi connectivity index (χ1v) is 10.1. The molecule has 0 spiro atoms. The fourth-order valence-electron chi connectivity index (χ4n) is 4.62. The van der Waals surface area contributed by atoms with Crippen LogP contribution in [0.15, 0.2) is 24.3 Å². The van der Waals surface area contributed by atoms with Crippen LogP contribution in [0.4, 0.5) is 0 Å². The van der Waals surface area contributed by atoms with Gasteiger partial charge in [0.1, 0.15) is 23.6 Å². The van der Waals surface area contributed by atoms with Gasteiger partial charge in [-0.2, -0.15) is 0 Å². The van der Waals surface area contributed by atoms with E-state index in [1.807, 2.05) is 38.1 Å². The van der Waals surface area contributed by atoms with Gasteiger partial charge in [0.15, 0.2) is 6.29 Å². The second-order valence-corrected chi connectivity index (χ2v) is 8.15. The van der Waals surface area contributed by atoms with Crippen LogP contribution in [-0.4, -0.2) is 43.4 Å². The summed E-state index contributed by atoms with van der Waals surface area (Å²) in [6, 6.07) is 7.96. The van der Waals surface area contributed by atoms with Gasteiger partial charge in [-0.1, -0.05) is 32.0 Å². The van der Waals surface area contributed by atoms with Crippen molar-refractivity contribution in [2.75, 3.05) is 13.7 Å². The summed E-state index contributed by atoms with van der Waals surface area (Å²) in [6.07, 6.45) is 1.36. The van der Waals surface area contributed by atoms with Crippen LogP contribution in [0.3, 0.4) is 0 Å². The molecular weight excluding hydrogens is 344 g/mol. The van der Waals surface area contributed by atoms with E-state index in [-0.39, 0.29) is 29.7 Å². The van der Waals surface area contributed by atoms with Crippen LogP contribution in [-0.2, 0) is 25.6 Å². The van der Waals surface area contributed by atoms with Gasteiger partial charge in [-0.3, -0.25) is 0 Å². The van der Waals surface area contributed by atoms with Gasteiger partial charge in [0, 0.05) is 12.2 Å². The van der Waals surface area contributed by atoms with Crippen molar-refractivity contribution in [2.45, 2.75) is 83.8 Å². The number of para-hydroxylation sites is 1. The first-order valence-electron chi connectivity index (χ1n) is 10.1. The summed E-state index contributed by atoms with van der Waals surface area (Å²) >= 11 is 0. The molecule has 3 rings (SSSR count). The predicted octanol–water partition coefficient (Wildman–Crippen LogP) is 4.33. The molecule has 1 aromatic rings. The summed E-state index contributed by atoms with van der Waals surface area (Å²) in [5.41, 5.74) is 0.357. The molecule has 2 heterocycles. The van der Waals surface area contributed by atoms with Crippen LogP contribution in [0.1, 0.15) is 53.0 Å². The third-order valence-electron chi connectivity index (χ3n) is 6.12. The first-order chi connectivity index (χ1) is 12.9. The molecule has 27 heavy (non-hydrogen) atoms. The third-order valence-corrected chi connectivity index (χ3v) is 6.12. The number of ether oxygens (including phenoxy) is 5. The lowest BCUT2D eigenvalue weighted by molar-refractivity contribution is -0.216. The van der Waals surface area contributed by atoms with Gasteiger partial charge in [-0.25, -0.2) is 0 Å². The predicted molar refractivity (Wildman–Crippen MR) is 104 cm³/mol. The Morgan fingerprint density at radius 3 is 2.56 bits per heavy atom. The molecule has 5 atom stereocenters. The van der Waals surface area contributed by atoms with Crippen molar-refractivity contribution in [1.82, 2.24) is 0 Å². The van der Waals surface area contributed by atoms with Gasteiger partial charge in [0.25, 0.3) is 0 Å². The van der Waals surface area contributed by atoms with Crippen molar-refractivity contribution in [1.29, 1.82) is 0 Å². The van der Waals surface area contributed by atoms with E-state index in [9.17, 15) is 0 Å². The van der Waals surface area contributed by atoms with Crippen molar-refractivity contribution in [3.05, 3.63) is 29.8 Å². The molecule has 2 aliphatic heterocycles. The fourth-order valence-corrected chi connectivity index (χ4v) is 4.62. The van der Waals surface area contributed by atoms with Crippen LogP contribution in [0.5, 0.6) is 5.75 Å². The minimum Gasteiger partial charge on any atom is -0.496 e. The highest BCUT2D eigenvalue weighted by atomic mass is 16.7. The SMILES string of the molecule is CCOC(C)O[C@@H]1[C@@H](OCc2ccccc2OC)[C@]2(C)CC[C@@]1(C(C)C)O2. The molecule has 0 aromatic heterocycles. The molecule has 0 radical (unpaired) electrons. The highest BCUT2D eigenvalue weighted by molar-refractivity contribution is 5.32. The number of fused-ring (bicyclic) bond motifs is 2. The largest absolute Gasteiger partial charge is 0.496 e. The lowest BCUT2D eigenvalue weighted by Crippen LogP contribution is -2.54. The highest BCUT2D eigenvalue weighted by Crippen LogP contribution is 2.56. The van der Waals surface area contributed by atoms with E-state index in [0.717, 1.165) is 24.2 Å². The molecule has 5 heteroatoms. The van der Waals surface area contributed by atoms with E-state index in [1.54, 1.807) is 7.11 Å². The van der Waals surface area contributed by atoms with E-state index in [0.29, 0.717) is 19.1 Å². The van der Waals surface area contributed by atoms with E-state index in [4.69, 9.17) is 23.7 Å². The van der Waals surface area contributed by atoms with Crippen molar-refractivity contribution >= 4 is 0 Å². The standard InChI is InChI=1S/C22H34O5/c1-7-24-16(4)26-20-19(21(5)12-13-22(20,27-21)15(2)3)25-14-17-10-8-9-11-18(17)23-6/h8-11,15-16,19-20H,7,12-14H2,1-6H3/t16?,19-,20-,21+,22+/m1/s1. The highest BCUT2D eigenvalue weighted by Gasteiger charge is 2.68. The summed E-state index contributed by atoms with van der Waals surface area (Å²) in [5, 5.41) is 0. The number of benzene rings is 1. The van der Waals surface area contributed by atoms with Crippen LogP contribution >= 0.6 is 0 Å². The van der Waals surface area contributed by atoms with Gasteiger partial charge in [-0.15, -0.1) is 0 Å². The molecule has 2 aliphatic rings. The Morgan fingerprint density at radius 2 is 1.89 bits per heavy atom. The first kappa shape index (κ1) is 20.6. The monoisotopic (exact) mass is 378 g/mol. The topological polar surface area (TPSA) is 46.2 Å². The Balaban J connectivity index is 1.82. The number of methoxy groups -OCH3 is 1. The summed E-state index contributed by atoms with van der Waals surface area (Å²) in [4.78, 5) is 0. The Bertz CT molecular complexity index is 633. The van der Waals surface area contributed by atoms with E-state index < -0.39 is 0 Å². The average molecular weight is 379 g/mol. The Labute approximate surface area is 163 Å². The van der Waals surface area contributed by atoms with Gasteiger partial charge < -0.3 is 23.7 Å². The zero-order valence-corrected chi connectivity index (χ0v) is 17.5. The lowest BCUT2D eigenvalue weighted by Gasteiger charge is -2.40. The minimum absolute atomic E-state index is 0.151. The van der Waals surface area contributed by atoms with Gasteiger partial charge in [0.05, 0.1) is 19.3 Å². The maximum Gasteiger partial charge on any atom is 0.155 e. The Kier molecular flexibility index (Phi) is 6.16. The number of hydrogen-bond acceptors (Lipinski definition) is 5. The second kappa shape index (κ2) is 8.08. The zero-order valence-electron chi connectivity index (χ0n) is 17.5. The van der Waals surface area contributed by atoms with Crippen LogP contribution in [0, 0.1) is 5.92 Å². The molecule has 152 valence electrons. The van der Waals surface area contributed by atoms with E-state index in [2.05, 4.69) is 20.8 Å². The van der Waals surface area contributed by atoms with Crippen molar-refractivity contribution in [3.8, 4) is 5.75 Å². The molecular formula is C22H34O5. The van der Waals surface area contributed by atoms with Crippen molar-refractivity contribution in [3.63, 3.8) is 0 Å². The minimum atomic E-state index is -0.344. The quantitative estimate of drug-likeness (QED) is 0.599. The van der Waals surface area contributed by atoms with E-state index >= 15 is 0 Å². The van der Waals surface area contributed by atoms with Crippen LogP contribution in [0.2, 0.25) is 0 Å². The van der Waals surface area contributed by atoms with E-state index in [1.165, 1.54) is 0 Å². The fraction of sp³-hybridized carbons (Fsp3) is 0.727. The van der Waals surface area contributed by atoms with Crippen molar-refractivity contribution < 1.29 is 23.7 Å². The molecule has 0 amide bonds. The lowest BCUT2D eigenvalue weighted by atomic mass is 9.73. The molecule has 0 aliphatic carbocycles. The summed E-state index contributed by atoms with van der Waals surface area (Å²) in [6.45, 7) is 11.6. The van der Waals surface area contributed by atoms with Crippen LogP contribution < -0.4 is 4.74 Å². The van der Waals surface area contributed by atoms with Crippen LogP contribution in [0.25, 0.3) is 0 Å². The molecule has 2 bridgehead atoms. The summed E-state index contributed by atoms with van der Waals surface area (Å²) in [7, 11) is 1.68.